The summed E-state index contributed by atoms with van der Waals surface area (Å²) in [6.07, 6.45) is 0. The summed E-state index contributed by atoms with van der Waals surface area (Å²) in [6.45, 7) is 3.67. The second-order valence-corrected chi connectivity index (χ2v) is 9.63. The van der Waals surface area contributed by atoms with Crippen molar-refractivity contribution in [1.29, 1.82) is 0 Å². The van der Waals surface area contributed by atoms with Gasteiger partial charge in [0.1, 0.15) is 5.82 Å². The van der Waals surface area contributed by atoms with Gasteiger partial charge in [-0.3, -0.25) is 9.59 Å². The molecule has 0 aliphatic carbocycles. The Kier molecular flexibility index (Phi) is 5.36. The molecule has 1 aliphatic rings. The van der Waals surface area contributed by atoms with E-state index in [1.165, 1.54) is 4.68 Å². The predicted octanol–water partition coefficient (Wildman–Crippen LogP) is 2.43. The zero-order chi connectivity index (χ0) is 22.2. The molecule has 1 aliphatic heterocycles. The van der Waals surface area contributed by atoms with E-state index in [9.17, 15) is 18.0 Å². The monoisotopic (exact) mass is 438 g/mol. The van der Waals surface area contributed by atoms with E-state index < -0.39 is 21.7 Å². The molecule has 160 valence electrons. The number of nitrogens with zero attached hydrogens (tertiary/aromatic N) is 2. The Bertz CT molecular complexity index is 1270. The van der Waals surface area contributed by atoms with E-state index in [-0.39, 0.29) is 23.4 Å². The van der Waals surface area contributed by atoms with Crippen molar-refractivity contribution in [2.75, 3.05) is 5.32 Å². The minimum Gasteiger partial charge on any atom is -0.341 e. The van der Waals surface area contributed by atoms with Gasteiger partial charge in [-0.1, -0.05) is 48.5 Å². The molecule has 2 heterocycles. The van der Waals surface area contributed by atoms with E-state index in [1.54, 1.807) is 6.92 Å². The van der Waals surface area contributed by atoms with Gasteiger partial charge in [0.05, 0.1) is 28.9 Å². The summed E-state index contributed by atoms with van der Waals surface area (Å²) in [7, 11) is -3.33. The third kappa shape index (κ3) is 4.22. The number of aryl methyl sites for hydroxylation is 1. The zero-order valence-corrected chi connectivity index (χ0v) is 17.9. The van der Waals surface area contributed by atoms with Crippen LogP contribution in [0, 0.1) is 6.92 Å². The summed E-state index contributed by atoms with van der Waals surface area (Å²) in [5, 5.41) is 9.69. The van der Waals surface area contributed by atoms with E-state index in [0.717, 1.165) is 11.1 Å². The minimum absolute atomic E-state index is 0.193. The number of carbonyl (C=O) groups is 2. The molecule has 2 N–H and O–H groups in total. The van der Waals surface area contributed by atoms with Gasteiger partial charge in [0.15, 0.2) is 9.84 Å². The van der Waals surface area contributed by atoms with Crippen molar-refractivity contribution >= 4 is 27.5 Å². The number of aromatic nitrogens is 2. The molecular formula is C22H22N4O4S. The molecule has 1 aromatic heterocycles. The standard InChI is InChI=1S/C22H22N4O4S/c1-14-8-6-7-11-19(14)26-20(17-12-31(29,30)13-18(17)25-26)24-22(28)21(27)23-15(2)16-9-4-3-5-10-16/h3-11,15H,12-13H2,1-2H3,(H,23,27)(H,24,28)/t15-/m0/s1. The number of hydrogen-bond donors (Lipinski definition) is 2. The molecule has 1 atom stereocenters. The van der Waals surface area contributed by atoms with E-state index in [2.05, 4.69) is 15.7 Å². The highest BCUT2D eigenvalue weighted by molar-refractivity contribution is 7.90. The van der Waals surface area contributed by atoms with Gasteiger partial charge in [0.25, 0.3) is 0 Å². The summed E-state index contributed by atoms with van der Waals surface area (Å²) in [4.78, 5) is 25.2. The minimum atomic E-state index is -3.33. The maximum Gasteiger partial charge on any atom is 0.314 e. The predicted molar refractivity (Wildman–Crippen MR) is 116 cm³/mol. The van der Waals surface area contributed by atoms with Crippen LogP contribution < -0.4 is 10.6 Å². The molecule has 0 fully saturated rings. The molecule has 8 nitrogen and oxygen atoms in total. The Morgan fingerprint density at radius 2 is 1.68 bits per heavy atom. The molecule has 2 aromatic carbocycles. The van der Waals surface area contributed by atoms with Gasteiger partial charge in [-0.25, -0.2) is 13.1 Å². The van der Waals surface area contributed by atoms with Gasteiger partial charge in [-0.2, -0.15) is 5.10 Å². The van der Waals surface area contributed by atoms with Gasteiger partial charge in [-0.15, -0.1) is 0 Å². The number of para-hydroxylation sites is 1. The zero-order valence-electron chi connectivity index (χ0n) is 17.1. The SMILES string of the molecule is Cc1ccccc1-n1nc2c(c1NC(=O)C(=O)N[C@@H](C)c1ccccc1)CS(=O)(=O)C2. The van der Waals surface area contributed by atoms with E-state index in [0.29, 0.717) is 16.9 Å². The lowest BCUT2D eigenvalue weighted by Gasteiger charge is -2.15. The second kappa shape index (κ2) is 7.99. The van der Waals surface area contributed by atoms with Gasteiger partial charge in [-0.05, 0) is 31.0 Å². The Hall–Kier alpha value is -3.46. The number of amides is 2. The van der Waals surface area contributed by atoms with Crippen LogP contribution in [0.2, 0.25) is 0 Å². The number of sulfone groups is 1. The number of nitrogens with one attached hydrogen (secondary N) is 2. The maximum absolute atomic E-state index is 12.7. The number of carbonyl (C=O) groups excluding carboxylic acids is 2. The van der Waals surface area contributed by atoms with E-state index in [1.807, 2.05) is 61.5 Å². The van der Waals surface area contributed by atoms with Gasteiger partial charge in [0, 0.05) is 5.56 Å². The lowest BCUT2D eigenvalue weighted by molar-refractivity contribution is -0.136. The van der Waals surface area contributed by atoms with Crippen molar-refractivity contribution in [1.82, 2.24) is 15.1 Å². The number of hydrogen-bond acceptors (Lipinski definition) is 5. The Labute approximate surface area is 180 Å². The Morgan fingerprint density at radius 3 is 2.39 bits per heavy atom. The fourth-order valence-electron chi connectivity index (χ4n) is 3.60. The van der Waals surface area contributed by atoms with Crippen LogP contribution in [-0.2, 0) is 30.9 Å². The van der Waals surface area contributed by atoms with Crippen LogP contribution in [0.5, 0.6) is 0 Å². The van der Waals surface area contributed by atoms with Crippen LogP contribution >= 0.6 is 0 Å². The van der Waals surface area contributed by atoms with Gasteiger partial charge in [0.2, 0.25) is 0 Å². The van der Waals surface area contributed by atoms with Crippen LogP contribution in [0.25, 0.3) is 5.69 Å². The first-order chi connectivity index (χ1) is 14.7. The van der Waals surface area contributed by atoms with Crippen molar-refractivity contribution in [3.63, 3.8) is 0 Å². The number of anilines is 1. The normalized spacial score (nSPS) is 15.2. The number of rotatable bonds is 4. The molecule has 0 radical (unpaired) electrons. The lowest BCUT2D eigenvalue weighted by atomic mass is 10.1. The number of fused-ring (bicyclic) bond motifs is 1. The molecule has 4 rings (SSSR count). The van der Waals surface area contributed by atoms with Crippen LogP contribution in [0.3, 0.4) is 0 Å². The fraction of sp³-hybridized carbons (Fsp3) is 0.227. The van der Waals surface area contributed by atoms with E-state index in [4.69, 9.17) is 0 Å². The third-order valence-corrected chi connectivity index (χ3v) is 6.66. The van der Waals surface area contributed by atoms with Crippen molar-refractivity contribution in [3.05, 3.63) is 77.0 Å². The molecule has 0 spiro atoms. The maximum atomic E-state index is 12.7. The first-order valence-corrected chi connectivity index (χ1v) is 11.6. The highest BCUT2D eigenvalue weighted by Crippen LogP contribution is 2.33. The highest BCUT2D eigenvalue weighted by atomic mass is 32.2. The molecule has 31 heavy (non-hydrogen) atoms. The summed E-state index contributed by atoms with van der Waals surface area (Å²) < 4.78 is 25.7. The molecule has 0 bridgehead atoms. The third-order valence-electron chi connectivity index (χ3n) is 5.22. The molecule has 0 saturated heterocycles. The van der Waals surface area contributed by atoms with Crippen molar-refractivity contribution in [2.24, 2.45) is 0 Å². The number of benzene rings is 2. The smallest absolute Gasteiger partial charge is 0.314 e. The topological polar surface area (TPSA) is 110 Å². The van der Waals surface area contributed by atoms with Crippen molar-refractivity contribution < 1.29 is 18.0 Å². The van der Waals surface area contributed by atoms with Gasteiger partial charge >= 0.3 is 11.8 Å². The van der Waals surface area contributed by atoms with Gasteiger partial charge < -0.3 is 10.6 Å². The largest absolute Gasteiger partial charge is 0.341 e. The van der Waals surface area contributed by atoms with Crippen molar-refractivity contribution in [2.45, 2.75) is 31.4 Å². The average Bonchev–Trinajstić information content (AvgIpc) is 3.21. The molecule has 3 aromatic rings. The molecular weight excluding hydrogens is 416 g/mol. The quantitative estimate of drug-likeness (QED) is 0.608. The lowest BCUT2D eigenvalue weighted by Crippen LogP contribution is -2.37. The summed E-state index contributed by atoms with van der Waals surface area (Å²) >= 11 is 0. The van der Waals surface area contributed by atoms with Crippen LogP contribution in [0.1, 0.15) is 35.3 Å². The second-order valence-electron chi connectivity index (χ2n) is 7.56. The molecule has 0 saturated carbocycles. The molecule has 0 unspecified atom stereocenters. The average molecular weight is 439 g/mol. The summed E-state index contributed by atoms with van der Waals surface area (Å²) in [5.41, 5.74) is 3.25. The first-order valence-electron chi connectivity index (χ1n) is 9.79. The summed E-state index contributed by atoms with van der Waals surface area (Å²) in [6, 6.07) is 16.3. The van der Waals surface area contributed by atoms with Crippen molar-refractivity contribution in [3.8, 4) is 5.69 Å². The van der Waals surface area contributed by atoms with E-state index >= 15 is 0 Å². The summed E-state index contributed by atoms with van der Waals surface area (Å²) in [5.74, 6) is -1.92. The fourth-order valence-corrected chi connectivity index (χ4v) is 5.09. The van der Waals surface area contributed by atoms with Crippen LogP contribution in [0.4, 0.5) is 5.82 Å². The Balaban J connectivity index is 1.62. The van der Waals surface area contributed by atoms with Crippen LogP contribution in [-0.4, -0.2) is 30.0 Å². The highest BCUT2D eigenvalue weighted by Gasteiger charge is 2.34. The Morgan fingerprint density at radius 1 is 1.00 bits per heavy atom. The van der Waals surface area contributed by atoms with Crippen LogP contribution in [0.15, 0.2) is 54.6 Å². The molecule has 9 heteroatoms. The molecule has 2 amide bonds. The first kappa shape index (κ1) is 20.8.